The summed E-state index contributed by atoms with van der Waals surface area (Å²) in [5, 5.41) is 0. The third kappa shape index (κ3) is 1.57. The van der Waals surface area contributed by atoms with E-state index in [9.17, 15) is 0 Å². The minimum atomic E-state index is 0.537. The van der Waals surface area contributed by atoms with E-state index in [1.54, 1.807) is 11.1 Å². The largest absolute Gasteiger partial charge is 0.303 e. The first kappa shape index (κ1) is 12.0. The van der Waals surface area contributed by atoms with E-state index < -0.39 is 0 Å². The van der Waals surface area contributed by atoms with Gasteiger partial charge in [0.1, 0.15) is 0 Å². The number of likely N-dealkylation sites (N-methyl/N-ethyl adjacent to an activating group) is 1. The van der Waals surface area contributed by atoms with Crippen molar-refractivity contribution >= 4 is 0 Å². The van der Waals surface area contributed by atoms with Crippen molar-refractivity contribution in [3.8, 4) is 0 Å². The Morgan fingerprint density at radius 2 is 2.11 bits per heavy atom. The fraction of sp³-hybridized carbons (Fsp3) is 0.667. The van der Waals surface area contributed by atoms with Gasteiger partial charge in [0, 0.05) is 11.5 Å². The van der Waals surface area contributed by atoms with Crippen molar-refractivity contribution in [2.75, 3.05) is 13.6 Å². The molecule has 102 valence electrons. The molecule has 2 fully saturated rings. The second-order valence-electron chi connectivity index (χ2n) is 7.17. The first-order valence-corrected chi connectivity index (χ1v) is 8.01. The summed E-state index contributed by atoms with van der Waals surface area (Å²) in [4.78, 5) is 2.65. The average molecular weight is 255 g/mol. The molecule has 19 heavy (non-hydrogen) atoms. The zero-order valence-electron chi connectivity index (χ0n) is 12.3. The van der Waals surface area contributed by atoms with E-state index in [1.165, 1.54) is 50.6 Å². The van der Waals surface area contributed by atoms with Crippen LogP contribution in [0.15, 0.2) is 18.2 Å². The van der Waals surface area contributed by atoms with Gasteiger partial charge >= 0.3 is 0 Å². The predicted molar refractivity (Wildman–Crippen MR) is 79.6 cm³/mol. The SMILES string of the molecule is Cc1ccc2c(c1)C13CCCC[C@@H]1[C@H](C2)N(C)CC3. The highest BCUT2D eigenvalue weighted by molar-refractivity contribution is 5.43. The lowest BCUT2D eigenvalue weighted by Crippen LogP contribution is -2.59. The lowest BCUT2D eigenvalue weighted by Gasteiger charge is -2.58. The number of fused-ring (bicyclic) bond motifs is 1. The Morgan fingerprint density at radius 3 is 3.00 bits per heavy atom. The van der Waals surface area contributed by atoms with Crippen LogP contribution in [-0.2, 0) is 11.8 Å². The van der Waals surface area contributed by atoms with Crippen LogP contribution in [-0.4, -0.2) is 24.5 Å². The van der Waals surface area contributed by atoms with Crippen molar-refractivity contribution in [2.24, 2.45) is 5.92 Å². The third-order valence-electron chi connectivity index (χ3n) is 6.27. The van der Waals surface area contributed by atoms with Crippen LogP contribution in [0.3, 0.4) is 0 Å². The molecule has 1 nitrogen and oxygen atoms in total. The standard InChI is InChI=1S/C18H25N/c1-13-6-7-14-12-17-15-5-3-4-8-18(15,16(14)11-13)9-10-19(17)2/h6-7,11,15,17H,3-5,8-10,12H2,1-2H3/t15-,17+,18?/m1/s1. The Balaban J connectivity index is 1.90. The monoisotopic (exact) mass is 255 g/mol. The molecule has 0 amide bonds. The fourth-order valence-electron chi connectivity index (χ4n) is 5.31. The molecule has 0 aromatic heterocycles. The number of hydrogen-bond acceptors (Lipinski definition) is 1. The molecule has 3 aliphatic rings. The molecule has 1 unspecified atom stereocenters. The number of piperidine rings is 1. The summed E-state index contributed by atoms with van der Waals surface area (Å²) in [6, 6.07) is 8.07. The van der Waals surface area contributed by atoms with Crippen LogP contribution in [0, 0.1) is 12.8 Å². The molecule has 1 heteroatoms. The van der Waals surface area contributed by atoms with Crippen LogP contribution in [0.5, 0.6) is 0 Å². The van der Waals surface area contributed by atoms with E-state index in [1.807, 2.05) is 0 Å². The molecule has 4 rings (SSSR count). The zero-order valence-corrected chi connectivity index (χ0v) is 12.3. The van der Waals surface area contributed by atoms with Gasteiger partial charge in [0.2, 0.25) is 0 Å². The summed E-state index contributed by atoms with van der Waals surface area (Å²) in [5.74, 6) is 0.925. The molecule has 1 saturated heterocycles. The predicted octanol–water partition coefficient (Wildman–Crippen LogP) is 3.68. The van der Waals surface area contributed by atoms with Gasteiger partial charge in [-0.2, -0.15) is 0 Å². The first-order chi connectivity index (χ1) is 9.21. The molecule has 1 aliphatic heterocycles. The third-order valence-corrected chi connectivity index (χ3v) is 6.27. The summed E-state index contributed by atoms with van der Waals surface area (Å²) in [7, 11) is 2.35. The number of hydrogen-bond donors (Lipinski definition) is 0. The van der Waals surface area contributed by atoms with E-state index >= 15 is 0 Å². The molecule has 2 aliphatic carbocycles. The van der Waals surface area contributed by atoms with E-state index in [0.717, 1.165) is 12.0 Å². The van der Waals surface area contributed by atoms with E-state index in [0.29, 0.717) is 5.41 Å². The van der Waals surface area contributed by atoms with Crippen LogP contribution >= 0.6 is 0 Å². The molecule has 1 saturated carbocycles. The molecule has 1 aromatic carbocycles. The number of likely N-dealkylation sites (tertiary alicyclic amines) is 1. The Kier molecular flexibility index (Phi) is 2.57. The van der Waals surface area contributed by atoms with Crippen LogP contribution in [0.1, 0.15) is 48.8 Å². The van der Waals surface area contributed by atoms with Gasteiger partial charge in [0.05, 0.1) is 0 Å². The first-order valence-electron chi connectivity index (χ1n) is 8.01. The van der Waals surface area contributed by atoms with Crippen molar-refractivity contribution in [3.63, 3.8) is 0 Å². The van der Waals surface area contributed by atoms with Crippen LogP contribution in [0.25, 0.3) is 0 Å². The van der Waals surface area contributed by atoms with Gasteiger partial charge in [-0.1, -0.05) is 36.6 Å². The molecule has 2 bridgehead atoms. The second-order valence-corrected chi connectivity index (χ2v) is 7.17. The molecule has 0 spiro atoms. The van der Waals surface area contributed by atoms with Gasteiger partial charge in [-0.15, -0.1) is 0 Å². The van der Waals surface area contributed by atoms with Crippen molar-refractivity contribution in [1.82, 2.24) is 4.90 Å². The maximum atomic E-state index is 2.65. The van der Waals surface area contributed by atoms with E-state index in [4.69, 9.17) is 0 Å². The van der Waals surface area contributed by atoms with Gasteiger partial charge < -0.3 is 4.90 Å². The summed E-state index contributed by atoms with van der Waals surface area (Å²) in [6.07, 6.45) is 8.48. The Morgan fingerprint density at radius 1 is 1.21 bits per heavy atom. The molecule has 1 aromatic rings. The van der Waals surface area contributed by atoms with Gasteiger partial charge in [0.25, 0.3) is 0 Å². The number of aryl methyl sites for hydroxylation is 1. The maximum absolute atomic E-state index is 2.65. The fourth-order valence-corrected chi connectivity index (χ4v) is 5.31. The minimum absolute atomic E-state index is 0.537. The van der Waals surface area contributed by atoms with Crippen molar-refractivity contribution in [2.45, 2.75) is 56.9 Å². The molecule has 0 N–H and O–H groups in total. The maximum Gasteiger partial charge on any atom is 0.0169 e. The minimum Gasteiger partial charge on any atom is -0.303 e. The smallest absolute Gasteiger partial charge is 0.0169 e. The quantitative estimate of drug-likeness (QED) is 0.683. The number of benzene rings is 1. The molecule has 1 heterocycles. The number of rotatable bonds is 0. The van der Waals surface area contributed by atoms with Crippen molar-refractivity contribution in [1.29, 1.82) is 0 Å². The van der Waals surface area contributed by atoms with E-state index in [2.05, 4.69) is 37.1 Å². The molecule has 0 radical (unpaired) electrons. The highest BCUT2D eigenvalue weighted by Gasteiger charge is 2.52. The summed E-state index contributed by atoms with van der Waals surface area (Å²) in [6.45, 7) is 3.56. The van der Waals surface area contributed by atoms with E-state index in [-0.39, 0.29) is 0 Å². The summed E-state index contributed by atoms with van der Waals surface area (Å²) in [5.41, 5.74) is 5.38. The molecular weight excluding hydrogens is 230 g/mol. The van der Waals surface area contributed by atoms with Gasteiger partial charge in [0.15, 0.2) is 0 Å². The summed E-state index contributed by atoms with van der Waals surface area (Å²) < 4.78 is 0. The Labute approximate surface area is 117 Å². The molecular formula is C18H25N. The van der Waals surface area contributed by atoms with Gasteiger partial charge in [-0.25, -0.2) is 0 Å². The van der Waals surface area contributed by atoms with Crippen LogP contribution in [0.4, 0.5) is 0 Å². The Bertz CT molecular complexity index is 506. The van der Waals surface area contributed by atoms with Gasteiger partial charge in [-0.3, -0.25) is 0 Å². The van der Waals surface area contributed by atoms with Crippen molar-refractivity contribution < 1.29 is 0 Å². The Hall–Kier alpha value is -0.820. The lowest BCUT2D eigenvalue weighted by atomic mass is 9.52. The van der Waals surface area contributed by atoms with Crippen LogP contribution < -0.4 is 0 Å². The average Bonchev–Trinajstić information content (AvgIpc) is 2.43. The highest BCUT2D eigenvalue weighted by atomic mass is 15.1. The molecule has 3 atom stereocenters. The zero-order chi connectivity index (χ0) is 13.0. The second kappa shape index (κ2) is 4.09. The lowest BCUT2D eigenvalue weighted by molar-refractivity contribution is 0.00283. The highest BCUT2D eigenvalue weighted by Crippen LogP contribution is 2.55. The number of nitrogens with zero attached hydrogens (tertiary/aromatic N) is 1. The van der Waals surface area contributed by atoms with Crippen LogP contribution in [0.2, 0.25) is 0 Å². The van der Waals surface area contributed by atoms with Gasteiger partial charge in [-0.05, 0) is 63.2 Å². The topological polar surface area (TPSA) is 3.24 Å². The van der Waals surface area contributed by atoms with Crippen molar-refractivity contribution in [3.05, 3.63) is 34.9 Å². The normalized spacial score (nSPS) is 37.6. The summed E-state index contributed by atoms with van der Waals surface area (Å²) >= 11 is 0.